The van der Waals surface area contributed by atoms with Crippen LogP contribution in [-0.4, -0.2) is 4.98 Å². The quantitative estimate of drug-likeness (QED) is 0.343. The summed E-state index contributed by atoms with van der Waals surface area (Å²) in [4.78, 5) is 4.71. The summed E-state index contributed by atoms with van der Waals surface area (Å²) in [6.07, 6.45) is 0. The summed E-state index contributed by atoms with van der Waals surface area (Å²) >= 11 is 6.09. The van der Waals surface area contributed by atoms with Gasteiger partial charge in [-0.3, -0.25) is 0 Å². The molecule has 2 aliphatic heterocycles. The van der Waals surface area contributed by atoms with E-state index < -0.39 is 0 Å². The van der Waals surface area contributed by atoms with E-state index in [4.69, 9.17) is 21.0 Å². The smallest absolute Gasteiger partial charge is 0.228 e. The molecule has 0 radical (unpaired) electrons. The van der Waals surface area contributed by atoms with Crippen LogP contribution in [0.1, 0.15) is 0 Å². The van der Waals surface area contributed by atoms with Crippen molar-refractivity contribution >= 4 is 22.5 Å². The molecule has 3 aromatic carbocycles. The fraction of sp³-hybridized carbons (Fsp3) is 0. The average Bonchev–Trinajstić information content (AvgIpc) is 3.07. The molecular weight excluding hydrogens is 342 g/mol. The Bertz CT molecular complexity index is 1180. The van der Waals surface area contributed by atoms with E-state index >= 15 is 0 Å². The van der Waals surface area contributed by atoms with E-state index in [0.29, 0.717) is 5.89 Å². The summed E-state index contributed by atoms with van der Waals surface area (Å²) in [6.45, 7) is 0. The van der Waals surface area contributed by atoms with E-state index in [1.54, 1.807) is 0 Å². The first-order chi connectivity index (χ1) is 12.8. The van der Waals surface area contributed by atoms with Crippen LogP contribution in [-0.2, 0) is 0 Å². The van der Waals surface area contributed by atoms with Crippen LogP contribution in [0.3, 0.4) is 0 Å². The number of hydrogen-bond acceptors (Lipinski definition) is 2. The van der Waals surface area contributed by atoms with Crippen molar-refractivity contribution in [1.82, 2.24) is 4.98 Å². The number of halogens is 1. The molecule has 0 saturated carbocycles. The lowest BCUT2D eigenvalue weighted by atomic mass is 9.97. The molecule has 2 heterocycles. The number of aromatic nitrogens is 1. The van der Waals surface area contributed by atoms with Gasteiger partial charge < -0.3 is 4.42 Å². The monoisotopic (exact) mass is 355 g/mol. The number of benzene rings is 3. The molecule has 0 aliphatic carbocycles. The third-order valence-electron chi connectivity index (χ3n) is 4.57. The van der Waals surface area contributed by atoms with E-state index in [0.717, 1.165) is 43.9 Å². The minimum Gasteiger partial charge on any atom is -0.438 e. The van der Waals surface area contributed by atoms with Gasteiger partial charge in [0.1, 0.15) is 5.76 Å². The molecule has 0 bridgehead atoms. The van der Waals surface area contributed by atoms with Crippen molar-refractivity contribution in [2.75, 3.05) is 0 Å². The van der Waals surface area contributed by atoms with Gasteiger partial charge in [-0.25, -0.2) is 4.98 Å². The second-order valence-electron chi connectivity index (χ2n) is 6.21. The van der Waals surface area contributed by atoms with Crippen molar-refractivity contribution in [1.29, 1.82) is 0 Å². The maximum Gasteiger partial charge on any atom is 0.228 e. The number of rotatable bonds is 2. The molecule has 5 rings (SSSR count). The van der Waals surface area contributed by atoms with Gasteiger partial charge in [-0.15, -0.1) is 0 Å². The summed E-state index contributed by atoms with van der Waals surface area (Å²) in [5.74, 6) is 1.45. The van der Waals surface area contributed by atoms with Gasteiger partial charge in [-0.1, -0.05) is 72.3 Å². The second-order valence-corrected chi connectivity index (χ2v) is 6.64. The van der Waals surface area contributed by atoms with Gasteiger partial charge in [0.2, 0.25) is 5.89 Å². The highest BCUT2D eigenvalue weighted by atomic mass is 35.5. The minimum atomic E-state index is 0.650. The predicted molar refractivity (Wildman–Crippen MR) is 107 cm³/mol. The Morgan fingerprint density at radius 2 is 1.46 bits per heavy atom. The Morgan fingerprint density at radius 1 is 0.731 bits per heavy atom. The van der Waals surface area contributed by atoms with Gasteiger partial charge in [0.15, 0.2) is 0 Å². The molecule has 124 valence electrons. The third-order valence-corrected chi connectivity index (χ3v) is 4.83. The minimum absolute atomic E-state index is 0.650. The first-order valence-electron chi connectivity index (χ1n) is 8.43. The SMILES string of the molecule is Clc1ccc(-c2cc(-c3ccccc3)oc3nc4ccccc4c2-3)cc1. The van der Waals surface area contributed by atoms with Crippen LogP contribution < -0.4 is 0 Å². The molecule has 0 spiro atoms. The largest absolute Gasteiger partial charge is 0.438 e. The van der Waals surface area contributed by atoms with E-state index in [1.807, 2.05) is 72.8 Å². The zero-order chi connectivity index (χ0) is 17.5. The standard InChI is InChI=1S/C23H14ClNO/c24-17-12-10-15(11-13-17)19-14-21(16-6-2-1-3-7-16)26-23-22(19)18-8-4-5-9-20(18)25-23/h1-14H. The lowest BCUT2D eigenvalue weighted by molar-refractivity contribution is 0.569. The zero-order valence-corrected chi connectivity index (χ0v) is 14.6. The first-order valence-corrected chi connectivity index (χ1v) is 8.81. The molecule has 0 atom stereocenters. The summed E-state index contributed by atoms with van der Waals surface area (Å²) in [7, 11) is 0. The number of para-hydroxylation sites is 1. The highest BCUT2D eigenvalue weighted by molar-refractivity contribution is 6.30. The Labute approximate surface area is 156 Å². The summed E-state index contributed by atoms with van der Waals surface area (Å²) in [5.41, 5.74) is 5.17. The molecule has 0 unspecified atom stereocenters. The van der Waals surface area contributed by atoms with Gasteiger partial charge in [-0.05, 0) is 35.4 Å². The predicted octanol–water partition coefficient (Wildman–Crippen LogP) is 6.92. The fourth-order valence-corrected chi connectivity index (χ4v) is 3.46. The first kappa shape index (κ1) is 15.2. The van der Waals surface area contributed by atoms with Crippen molar-refractivity contribution in [3.8, 4) is 33.9 Å². The Morgan fingerprint density at radius 3 is 2.27 bits per heavy atom. The van der Waals surface area contributed by atoms with Crippen molar-refractivity contribution in [3.05, 3.63) is 90.0 Å². The normalized spacial score (nSPS) is 11.3. The number of nitrogens with zero attached hydrogens (tertiary/aromatic N) is 1. The summed E-state index contributed by atoms with van der Waals surface area (Å²) < 4.78 is 6.18. The topological polar surface area (TPSA) is 26.0 Å². The molecule has 0 saturated heterocycles. The van der Waals surface area contributed by atoms with Gasteiger partial charge >= 0.3 is 0 Å². The van der Waals surface area contributed by atoms with Crippen LogP contribution in [0.4, 0.5) is 0 Å². The molecule has 3 aromatic rings. The third kappa shape index (κ3) is 2.47. The molecule has 0 fully saturated rings. The van der Waals surface area contributed by atoms with Crippen LogP contribution in [0, 0.1) is 0 Å². The molecule has 0 amide bonds. The molecule has 2 nitrogen and oxygen atoms in total. The van der Waals surface area contributed by atoms with Crippen molar-refractivity contribution in [2.24, 2.45) is 0 Å². The van der Waals surface area contributed by atoms with E-state index in [9.17, 15) is 0 Å². The highest BCUT2D eigenvalue weighted by Gasteiger charge is 2.21. The molecular formula is C23H14ClNO. The number of hydrogen-bond donors (Lipinski definition) is 0. The van der Waals surface area contributed by atoms with Gasteiger partial charge in [-0.2, -0.15) is 0 Å². The van der Waals surface area contributed by atoms with Gasteiger partial charge in [0.05, 0.1) is 11.1 Å². The van der Waals surface area contributed by atoms with Gasteiger partial charge in [0, 0.05) is 16.0 Å². The van der Waals surface area contributed by atoms with Crippen LogP contribution in [0.2, 0.25) is 5.02 Å². The molecule has 0 N–H and O–H groups in total. The Kier molecular flexibility index (Phi) is 3.51. The van der Waals surface area contributed by atoms with Crippen molar-refractivity contribution in [3.63, 3.8) is 0 Å². The molecule has 26 heavy (non-hydrogen) atoms. The Balaban J connectivity index is 1.86. The summed E-state index contributed by atoms with van der Waals surface area (Å²) in [5, 5.41) is 1.81. The van der Waals surface area contributed by atoms with Crippen molar-refractivity contribution in [2.45, 2.75) is 0 Å². The van der Waals surface area contributed by atoms with E-state index in [2.05, 4.69) is 12.1 Å². The molecule has 3 heteroatoms. The van der Waals surface area contributed by atoms with E-state index in [-0.39, 0.29) is 0 Å². The highest BCUT2D eigenvalue weighted by Crippen LogP contribution is 2.42. The van der Waals surface area contributed by atoms with Crippen LogP contribution in [0.5, 0.6) is 0 Å². The second kappa shape index (κ2) is 6.01. The number of fused-ring (bicyclic) bond motifs is 3. The van der Waals surface area contributed by atoms with Gasteiger partial charge in [0.25, 0.3) is 0 Å². The fourth-order valence-electron chi connectivity index (χ4n) is 3.34. The Hall–Kier alpha value is -3.10. The van der Waals surface area contributed by atoms with Crippen LogP contribution in [0.25, 0.3) is 44.8 Å². The molecule has 2 aliphatic rings. The van der Waals surface area contributed by atoms with Crippen LogP contribution in [0.15, 0.2) is 89.3 Å². The lowest BCUT2D eigenvalue weighted by Crippen LogP contribution is -1.88. The van der Waals surface area contributed by atoms with E-state index in [1.165, 1.54) is 0 Å². The lowest BCUT2D eigenvalue weighted by Gasteiger charge is -2.11. The summed E-state index contributed by atoms with van der Waals surface area (Å²) in [6, 6.07) is 28.2. The van der Waals surface area contributed by atoms with Crippen LogP contribution >= 0.6 is 11.6 Å². The average molecular weight is 356 g/mol. The molecule has 0 aromatic heterocycles. The maximum absolute atomic E-state index is 6.18. The van der Waals surface area contributed by atoms with Crippen molar-refractivity contribution < 1.29 is 4.42 Å². The maximum atomic E-state index is 6.18. The zero-order valence-electron chi connectivity index (χ0n) is 13.8.